The number of amides is 1. The first-order chi connectivity index (χ1) is 12.2. The summed E-state index contributed by atoms with van der Waals surface area (Å²) in [6.07, 6.45) is -13.7. The molecule has 0 saturated carbocycles. The predicted molar refractivity (Wildman–Crippen MR) is 80.2 cm³/mol. The Bertz CT molecular complexity index is 480. The Hall–Kier alpha value is -0.930. The highest BCUT2D eigenvalue weighted by Gasteiger charge is 2.50. The second kappa shape index (κ2) is 8.84. The van der Waals surface area contributed by atoms with Crippen molar-refractivity contribution in [2.24, 2.45) is 0 Å². The van der Waals surface area contributed by atoms with Crippen LogP contribution in [0, 0.1) is 0 Å². The van der Waals surface area contributed by atoms with Crippen LogP contribution in [-0.2, 0) is 19.0 Å². The highest BCUT2D eigenvalue weighted by Crippen LogP contribution is 2.28. The summed E-state index contributed by atoms with van der Waals surface area (Å²) >= 11 is 0. The van der Waals surface area contributed by atoms with Gasteiger partial charge < -0.3 is 55.3 Å². The molecule has 2 saturated heterocycles. The fourth-order valence-electron chi connectivity index (χ4n) is 2.96. The molecule has 0 aromatic heterocycles. The standard InChI is InChI=1S/C14H25NO11/c1-4(18)15-7-10(21)8(19)6(3-17)25-14(7)26-12-11(22)9(20)5(2-16)24-13(12)23/h5-14,16-17,19-23H,2-3H2,1H3,(H,15,18)/t5-,6-,7-,8-,9-,10-,11+,12-,13-,14-/m1/s1. The van der Waals surface area contributed by atoms with Crippen molar-refractivity contribution >= 4 is 5.91 Å². The summed E-state index contributed by atoms with van der Waals surface area (Å²) in [7, 11) is 0. The van der Waals surface area contributed by atoms with Crippen molar-refractivity contribution in [1.29, 1.82) is 0 Å². The van der Waals surface area contributed by atoms with Crippen LogP contribution in [0.1, 0.15) is 6.92 Å². The quantitative estimate of drug-likeness (QED) is 0.226. The molecule has 2 rings (SSSR count). The third kappa shape index (κ3) is 4.31. The molecule has 1 amide bonds. The van der Waals surface area contributed by atoms with Crippen molar-refractivity contribution in [3.63, 3.8) is 0 Å². The van der Waals surface area contributed by atoms with Crippen LogP contribution in [0.2, 0.25) is 0 Å². The minimum Gasteiger partial charge on any atom is -0.394 e. The van der Waals surface area contributed by atoms with E-state index < -0.39 is 80.5 Å². The molecule has 12 heteroatoms. The fourth-order valence-corrected chi connectivity index (χ4v) is 2.96. The van der Waals surface area contributed by atoms with E-state index in [1.165, 1.54) is 0 Å². The summed E-state index contributed by atoms with van der Waals surface area (Å²) in [5.74, 6) is -0.581. The summed E-state index contributed by atoms with van der Waals surface area (Å²) in [6, 6.07) is -1.29. The van der Waals surface area contributed by atoms with E-state index in [1.807, 2.05) is 0 Å². The first-order valence-corrected chi connectivity index (χ1v) is 8.06. The molecule has 12 nitrogen and oxygen atoms in total. The average Bonchev–Trinajstić information content (AvgIpc) is 2.60. The van der Waals surface area contributed by atoms with Gasteiger partial charge in [-0.2, -0.15) is 0 Å². The van der Waals surface area contributed by atoms with E-state index >= 15 is 0 Å². The lowest BCUT2D eigenvalue weighted by Gasteiger charge is -2.46. The third-order valence-corrected chi connectivity index (χ3v) is 4.38. The largest absolute Gasteiger partial charge is 0.394 e. The highest BCUT2D eigenvalue weighted by atomic mass is 16.7. The summed E-state index contributed by atoms with van der Waals surface area (Å²) in [5.41, 5.74) is 0. The van der Waals surface area contributed by atoms with E-state index in [-0.39, 0.29) is 0 Å². The van der Waals surface area contributed by atoms with E-state index in [2.05, 4.69) is 5.32 Å². The van der Waals surface area contributed by atoms with Gasteiger partial charge in [-0.15, -0.1) is 0 Å². The van der Waals surface area contributed by atoms with Gasteiger partial charge >= 0.3 is 0 Å². The SMILES string of the molecule is CC(=O)N[C@H]1[C@@H](O[C@@H]2[C@@H](O)[C@H](O)[C@@H](CO)O[C@H]2O)O[C@H](CO)[C@@H](O)[C@@H]1O. The van der Waals surface area contributed by atoms with Gasteiger partial charge in [0.05, 0.1) is 13.2 Å². The van der Waals surface area contributed by atoms with E-state index in [4.69, 9.17) is 19.3 Å². The highest BCUT2D eigenvalue weighted by molar-refractivity contribution is 5.73. The molecular weight excluding hydrogens is 358 g/mol. The number of carbonyl (C=O) groups excluding carboxylic acids is 1. The number of aliphatic hydroxyl groups excluding tert-OH is 7. The van der Waals surface area contributed by atoms with Crippen LogP contribution in [0.25, 0.3) is 0 Å². The topological polar surface area (TPSA) is 198 Å². The minimum absolute atomic E-state index is 0.581. The van der Waals surface area contributed by atoms with Crippen molar-refractivity contribution in [3.8, 4) is 0 Å². The molecule has 2 aliphatic rings. The number of carbonyl (C=O) groups is 1. The van der Waals surface area contributed by atoms with Gasteiger partial charge in [0, 0.05) is 6.92 Å². The van der Waals surface area contributed by atoms with Gasteiger partial charge in [0.15, 0.2) is 12.6 Å². The molecule has 2 heterocycles. The molecule has 0 aliphatic carbocycles. The Kier molecular flexibility index (Phi) is 7.27. The molecule has 0 aromatic rings. The van der Waals surface area contributed by atoms with Gasteiger partial charge in [-0.3, -0.25) is 4.79 Å². The number of ether oxygens (including phenoxy) is 3. The molecule has 152 valence electrons. The van der Waals surface area contributed by atoms with Crippen molar-refractivity contribution in [1.82, 2.24) is 5.32 Å². The third-order valence-electron chi connectivity index (χ3n) is 4.38. The number of hydrogen-bond acceptors (Lipinski definition) is 11. The zero-order valence-electron chi connectivity index (χ0n) is 14.0. The van der Waals surface area contributed by atoms with Gasteiger partial charge in [0.2, 0.25) is 5.91 Å². The Labute approximate surface area is 148 Å². The van der Waals surface area contributed by atoms with Gasteiger partial charge in [0.25, 0.3) is 0 Å². The summed E-state index contributed by atoms with van der Waals surface area (Å²) in [4.78, 5) is 11.4. The maximum atomic E-state index is 11.4. The van der Waals surface area contributed by atoms with E-state index in [0.717, 1.165) is 6.92 Å². The van der Waals surface area contributed by atoms with Gasteiger partial charge in [-0.1, -0.05) is 0 Å². The normalized spacial score (nSPS) is 46.8. The van der Waals surface area contributed by atoms with Crippen LogP contribution < -0.4 is 5.32 Å². The number of rotatable bonds is 5. The molecule has 2 fully saturated rings. The maximum absolute atomic E-state index is 11.4. The molecule has 0 aromatic carbocycles. The van der Waals surface area contributed by atoms with Crippen molar-refractivity contribution in [2.75, 3.05) is 13.2 Å². The molecule has 2 aliphatic heterocycles. The van der Waals surface area contributed by atoms with Crippen LogP contribution in [0.4, 0.5) is 0 Å². The Balaban J connectivity index is 2.18. The van der Waals surface area contributed by atoms with Crippen molar-refractivity contribution < 1.29 is 54.8 Å². The number of nitrogens with one attached hydrogen (secondary N) is 1. The van der Waals surface area contributed by atoms with Crippen molar-refractivity contribution in [3.05, 3.63) is 0 Å². The summed E-state index contributed by atoms with van der Waals surface area (Å²) < 4.78 is 15.7. The van der Waals surface area contributed by atoms with E-state index in [9.17, 15) is 35.4 Å². The van der Waals surface area contributed by atoms with Gasteiger partial charge in [0.1, 0.15) is 48.8 Å². The minimum atomic E-state index is -1.76. The lowest BCUT2D eigenvalue weighted by molar-refractivity contribution is -0.348. The molecule has 0 spiro atoms. The molecule has 0 bridgehead atoms. The van der Waals surface area contributed by atoms with E-state index in [0.29, 0.717) is 0 Å². The molecule has 0 radical (unpaired) electrons. The Morgan fingerprint density at radius 2 is 1.46 bits per heavy atom. The Morgan fingerprint density at radius 3 is 2.00 bits per heavy atom. The monoisotopic (exact) mass is 383 g/mol. The zero-order valence-corrected chi connectivity index (χ0v) is 14.0. The van der Waals surface area contributed by atoms with Crippen LogP contribution in [0.3, 0.4) is 0 Å². The summed E-state index contributed by atoms with van der Waals surface area (Å²) in [6.45, 7) is -0.183. The van der Waals surface area contributed by atoms with Gasteiger partial charge in [-0.05, 0) is 0 Å². The lowest BCUT2D eigenvalue weighted by atomic mass is 9.96. The molecule has 26 heavy (non-hydrogen) atoms. The Morgan fingerprint density at radius 1 is 0.923 bits per heavy atom. The molecule has 10 atom stereocenters. The van der Waals surface area contributed by atoms with Crippen LogP contribution in [-0.4, -0.2) is 116 Å². The average molecular weight is 383 g/mol. The summed E-state index contributed by atoms with van der Waals surface area (Å²) in [5, 5.41) is 70.7. The van der Waals surface area contributed by atoms with Gasteiger partial charge in [-0.25, -0.2) is 0 Å². The second-order valence-electron chi connectivity index (χ2n) is 6.26. The number of hydrogen-bond donors (Lipinski definition) is 8. The van der Waals surface area contributed by atoms with Crippen molar-refractivity contribution in [2.45, 2.75) is 68.3 Å². The first-order valence-electron chi connectivity index (χ1n) is 8.06. The molecule has 0 unspecified atom stereocenters. The van der Waals surface area contributed by atoms with Crippen LogP contribution in [0.15, 0.2) is 0 Å². The first kappa shape index (κ1) is 21.4. The fraction of sp³-hybridized carbons (Fsp3) is 0.929. The predicted octanol–water partition coefficient (Wildman–Crippen LogP) is -5.25. The molecular formula is C14H25NO11. The lowest BCUT2D eigenvalue weighted by Crippen LogP contribution is -2.67. The second-order valence-corrected chi connectivity index (χ2v) is 6.26. The maximum Gasteiger partial charge on any atom is 0.217 e. The smallest absolute Gasteiger partial charge is 0.217 e. The number of aliphatic hydroxyl groups is 7. The van der Waals surface area contributed by atoms with Crippen LogP contribution >= 0.6 is 0 Å². The molecule has 8 N–H and O–H groups in total. The van der Waals surface area contributed by atoms with Crippen LogP contribution in [0.5, 0.6) is 0 Å². The zero-order chi connectivity index (χ0) is 19.6. The van der Waals surface area contributed by atoms with E-state index in [1.54, 1.807) is 0 Å².